The fraction of sp³-hybridized carbons (Fsp3) is 0.750. The van der Waals surface area contributed by atoms with E-state index in [0.29, 0.717) is 44.4 Å². The summed E-state index contributed by atoms with van der Waals surface area (Å²) in [6.45, 7) is 0.634. The number of carboxylic acids is 1. The van der Waals surface area contributed by atoms with E-state index in [1.807, 2.05) is 6.26 Å². The number of rotatable bonds is 19. The highest BCUT2D eigenvalue weighted by molar-refractivity contribution is 7.98. The van der Waals surface area contributed by atoms with E-state index in [9.17, 15) is 24.3 Å². The number of nitrogens with two attached hydrogens (primary N) is 4. The lowest BCUT2D eigenvalue weighted by molar-refractivity contribution is -0.142. The molecule has 4 unspecified atom stereocenters. The molecule has 0 bridgehead atoms. The monoisotopic (exact) mass is 536 g/mol. The van der Waals surface area contributed by atoms with Crippen molar-refractivity contribution in [3.8, 4) is 0 Å². The van der Waals surface area contributed by atoms with Crippen molar-refractivity contribution >= 4 is 54.0 Å². The highest BCUT2D eigenvalue weighted by atomic mass is 32.2. The molecule has 0 aromatic heterocycles. The van der Waals surface area contributed by atoms with E-state index in [-0.39, 0.29) is 24.7 Å². The van der Waals surface area contributed by atoms with Crippen LogP contribution in [0, 0.1) is 0 Å². The first-order chi connectivity index (χ1) is 16.6. The van der Waals surface area contributed by atoms with Crippen LogP contribution in [0.1, 0.15) is 38.5 Å². The normalized spacial score (nSPS) is 14.2. The van der Waals surface area contributed by atoms with Crippen molar-refractivity contribution in [3.63, 3.8) is 0 Å². The van der Waals surface area contributed by atoms with Gasteiger partial charge in [0, 0.05) is 12.3 Å². The van der Waals surface area contributed by atoms with E-state index in [1.165, 1.54) is 0 Å². The number of carbonyl (C=O) groups is 4. The maximum Gasteiger partial charge on any atom is 0.326 e. The van der Waals surface area contributed by atoms with Crippen LogP contribution in [0.4, 0.5) is 0 Å². The van der Waals surface area contributed by atoms with Crippen LogP contribution in [0.3, 0.4) is 0 Å². The Balaban J connectivity index is 5.17. The summed E-state index contributed by atoms with van der Waals surface area (Å²) in [5.41, 5.74) is 21.9. The molecule has 0 fully saturated rings. The van der Waals surface area contributed by atoms with E-state index in [0.717, 1.165) is 0 Å². The number of carbonyl (C=O) groups excluding carboxylic acids is 3. The van der Waals surface area contributed by atoms with Gasteiger partial charge in [-0.2, -0.15) is 24.4 Å². The Morgan fingerprint density at radius 2 is 1.49 bits per heavy atom. The smallest absolute Gasteiger partial charge is 0.326 e. The van der Waals surface area contributed by atoms with Crippen LogP contribution in [0.5, 0.6) is 0 Å². The molecule has 0 aliphatic rings. The lowest BCUT2D eigenvalue weighted by Gasteiger charge is -2.24. The SMILES string of the molecule is CSCCC(N)C(=O)NC(CCCCN)C(=O)NC(CS)C(=O)NC(CCCN=C(N)N)C(=O)O. The lowest BCUT2D eigenvalue weighted by atomic mass is 10.1. The minimum absolute atomic E-state index is 0.0802. The molecule has 0 rings (SSSR count). The summed E-state index contributed by atoms with van der Waals surface area (Å²) < 4.78 is 0. The quantitative estimate of drug-likeness (QED) is 0.0370. The van der Waals surface area contributed by atoms with Crippen LogP contribution >= 0.6 is 24.4 Å². The molecule has 15 heteroatoms. The van der Waals surface area contributed by atoms with Gasteiger partial charge in [0.15, 0.2) is 5.96 Å². The van der Waals surface area contributed by atoms with Crippen molar-refractivity contribution in [2.45, 2.75) is 62.7 Å². The molecular formula is C20H40N8O5S2. The first-order valence-corrected chi connectivity index (χ1v) is 13.3. The van der Waals surface area contributed by atoms with Gasteiger partial charge in [0.1, 0.15) is 18.1 Å². The van der Waals surface area contributed by atoms with Gasteiger partial charge in [0.05, 0.1) is 6.04 Å². The lowest BCUT2D eigenvalue weighted by Crippen LogP contribution is -2.57. The molecule has 0 aromatic rings. The van der Waals surface area contributed by atoms with Gasteiger partial charge in [-0.3, -0.25) is 19.4 Å². The van der Waals surface area contributed by atoms with Crippen LogP contribution < -0.4 is 38.9 Å². The van der Waals surface area contributed by atoms with Gasteiger partial charge in [-0.15, -0.1) is 0 Å². The Labute approximate surface area is 215 Å². The Kier molecular flexibility index (Phi) is 17.8. The van der Waals surface area contributed by atoms with Crippen LogP contribution in [0.25, 0.3) is 0 Å². The van der Waals surface area contributed by atoms with Gasteiger partial charge in [0.2, 0.25) is 17.7 Å². The standard InChI is InChI=1S/C20H40N8O5S2/c1-35-10-7-12(22)16(29)26-13(5-2-3-8-21)17(30)28-15(11-34)18(31)27-14(19(32)33)6-4-9-25-20(23)24/h12-15,34H,2-11,21-22H2,1H3,(H,26,29)(H,27,31)(H,28,30)(H,32,33)(H4,23,24,25). The van der Waals surface area contributed by atoms with Crippen molar-refractivity contribution in [2.75, 3.05) is 30.9 Å². The van der Waals surface area contributed by atoms with Gasteiger partial charge < -0.3 is 44.0 Å². The molecule has 0 spiro atoms. The fourth-order valence-corrected chi connectivity index (χ4v) is 3.66. The van der Waals surface area contributed by atoms with Crippen molar-refractivity contribution in [1.29, 1.82) is 0 Å². The summed E-state index contributed by atoms with van der Waals surface area (Å²) in [6.07, 6.45) is 4.27. The van der Waals surface area contributed by atoms with Gasteiger partial charge in [-0.05, 0) is 57.1 Å². The molecule has 35 heavy (non-hydrogen) atoms. The summed E-state index contributed by atoms with van der Waals surface area (Å²) in [6, 6.07) is -4.03. The highest BCUT2D eigenvalue weighted by Crippen LogP contribution is 2.06. The predicted octanol–water partition coefficient (Wildman–Crippen LogP) is -2.28. The summed E-state index contributed by atoms with van der Waals surface area (Å²) in [4.78, 5) is 53.3. The van der Waals surface area contributed by atoms with Gasteiger partial charge >= 0.3 is 5.97 Å². The average Bonchev–Trinajstić information content (AvgIpc) is 2.81. The number of thiol groups is 1. The number of nitrogens with zero attached hydrogens (tertiary/aromatic N) is 1. The number of aliphatic carboxylic acids is 1. The number of thioether (sulfide) groups is 1. The molecule has 0 heterocycles. The predicted molar refractivity (Wildman–Crippen MR) is 141 cm³/mol. The second kappa shape index (κ2) is 19.0. The number of carboxylic acid groups (broad SMARTS) is 1. The van der Waals surface area contributed by atoms with E-state index < -0.39 is 47.9 Å². The Morgan fingerprint density at radius 1 is 0.914 bits per heavy atom. The summed E-state index contributed by atoms with van der Waals surface area (Å²) in [5, 5.41) is 17.0. The van der Waals surface area contributed by atoms with Crippen molar-refractivity contribution in [2.24, 2.45) is 27.9 Å². The van der Waals surface area contributed by atoms with Gasteiger partial charge in [-0.25, -0.2) is 4.79 Å². The molecule has 13 nitrogen and oxygen atoms in total. The molecule has 0 aliphatic carbocycles. The van der Waals surface area contributed by atoms with Crippen LogP contribution in [0.15, 0.2) is 4.99 Å². The van der Waals surface area contributed by atoms with Gasteiger partial charge in [-0.1, -0.05) is 0 Å². The molecular weight excluding hydrogens is 496 g/mol. The van der Waals surface area contributed by atoms with Crippen molar-refractivity contribution < 1.29 is 24.3 Å². The molecule has 0 saturated heterocycles. The molecule has 0 aromatic carbocycles. The van der Waals surface area contributed by atoms with Gasteiger partial charge in [0.25, 0.3) is 0 Å². The number of nitrogens with one attached hydrogen (secondary N) is 3. The summed E-state index contributed by atoms with van der Waals surface area (Å²) in [5.74, 6) is -2.53. The largest absolute Gasteiger partial charge is 0.480 e. The van der Waals surface area contributed by atoms with Crippen molar-refractivity contribution in [3.05, 3.63) is 0 Å². The molecule has 0 saturated carbocycles. The number of unbranched alkanes of at least 4 members (excludes halogenated alkanes) is 1. The Bertz CT molecular complexity index is 709. The summed E-state index contributed by atoms with van der Waals surface area (Å²) in [7, 11) is 0. The molecule has 4 atom stereocenters. The third kappa shape index (κ3) is 14.7. The van der Waals surface area contributed by atoms with Crippen molar-refractivity contribution in [1.82, 2.24) is 16.0 Å². The molecule has 202 valence electrons. The maximum atomic E-state index is 12.9. The number of amides is 3. The third-order valence-corrected chi connectivity index (χ3v) is 5.93. The minimum Gasteiger partial charge on any atom is -0.480 e. The van der Waals surface area contributed by atoms with E-state index in [2.05, 4.69) is 33.6 Å². The molecule has 0 radical (unpaired) electrons. The Hall–Kier alpha value is -2.23. The molecule has 12 N–H and O–H groups in total. The number of aliphatic imine (C=N–C) groups is 1. The fourth-order valence-electron chi connectivity index (χ4n) is 2.92. The molecule has 3 amide bonds. The van der Waals surface area contributed by atoms with Crippen LogP contribution in [-0.4, -0.2) is 89.8 Å². The molecule has 0 aliphatic heterocycles. The second-order valence-corrected chi connectivity index (χ2v) is 9.18. The third-order valence-electron chi connectivity index (χ3n) is 4.93. The van der Waals surface area contributed by atoms with E-state index in [1.54, 1.807) is 11.8 Å². The topological polar surface area (TPSA) is 241 Å². The number of hydrogen-bond acceptors (Lipinski definition) is 9. The first-order valence-electron chi connectivity index (χ1n) is 11.3. The van der Waals surface area contributed by atoms with Crippen LogP contribution in [-0.2, 0) is 19.2 Å². The number of hydrogen-bond donors (Lipinski definition) is 9. The Morgan fingerprint density at radius 3 is 2.03 bits per heavy atom. The maximum absolute atomic E-state index is 12.9. The van der Waals surface area contributed by atoms with E-state index >= 15 is 0 Å². The average molecular weight is 537 g/mol. The zero-order valence-corrected chi connectivity index (χ0v) is 21.8. The summed E-state index contributed by atoms with van der Waals surface area (Å²) >= 11 is 5.66. The van der Waals surface area contributed by atoms with E-state index in [4.69, 9.17) is 22.9 Å². The first kappa shape index (κ1) is 32.8. The minimum atomic E-state index is -1.24. The second-order valence-electron chi connectivity index (χ2n) is 7.83. The highest BCUT2D eigenvalue weighted by Gasteiger charge is 2.29. The van der Waals surface area contributed by atoms with Crippen LogP contribution in [0.2, 0.25) is 0 Å². The zero-order valence-electron chi connectivity index (χ0n) is 20.1. The zero-order chi connectivity index (χ0) is 26.8. The number of guanidine groups is 1.